The third-order valence-electron chi connectivity index (χ3n) is 4.78. The van der Waals surface area contributed by atoms with Gasteiger partial charge in [-0.1, -0.05) is 13.8 Å². The van der Waals surface area contributed by atoms with Crippen LogP contribution in [-0.4, -0.2) is 45.7 Å². The van der Waals surface area contributed by atoms with Crippen LogP contribution < -0.4 is 0 Å². The van der Waals surface area contributed by atoms with Gasteiger partial charge in [-0.3, -0.25) is 4.79 Å². The summed E-state index contributed by atoms with van der Waals surface area (Å²) < 4.78 is 46.4. The number of methoxy groups -OCH3 is 1. The molecule has 0 bridgehead atoms. The summed E-state index contributed by atoms with van der Waals surface area (Å²) in [7, 11) is 1.52. The predicted octanol–water partition coefficient (Wildman–Crippen LogP) is 3.57. The van der Waals surface area contributed by atoms with Crippen molar-refractivity contribution in [1.29, 1.82) is 0 Å². The maximum Gasteiger partial charge on any atom is 0.433 e. The molecule has 1 aliphatic rings. The molecule has 3 rings (SSSR count). The Labute approximate surface area is 155 Å². The molecule has 1 amide bonds. The molecule has 9 heteroatoms. The number of ether oxygens (including phenoxy) is 1. The average Bonchev–Trinajstić information content (AvgIpc) is 3.23. The van der Waals surface area contributed by atoms with Crippen LogP contribution >= 0.6 is 0 Å². The molecule has 148 valence electrons. The van der Waals surface area contributed by atoms with Crippen molar-refractivity contribution in [3.63, 3.8) is 0 Å². The molecule has 0 radical (unpaired) electrons. The lowest BCUT2D eigenvalue weighted by Gasteiger charge is -2.23. The molecule has 27 heavy (non-hydrogen) atoms. The molecule has 2 aromatic heterocycles. The largest absolute Gasteiger partial charge is 0.433 e. The van der Waals surface area contributed by atoms with Crippen LogP contribution in [0.2, 0.25) is 0 Å². The number of hydrogen-bond donors (Lipinski definition) is 0. The quantitative estimate of drug-likeness (QED) is 0.791. The first kappa shape index (κ1) is 19.6. The van der Waals surface area contributed by atoms with E-state index in [0.29, 0.717) is 31.0 Å². The number of hydrogen-bond acceptors (Lipinski definition) is 4. The summed E-state index contributed by atoms with van der Waals surface area (Å²) in [6.07, 6.45) is -2.85. The summed E-state index contributed by atoms with van der Waals surface area (Å²) in [5.74, 6) is -0.226. The highest BCUT2D eigenvalue weighted by atomic mass is 19.4. The molecule has 3 heterocycles. The second kappa shape index (κ2) is 7.46. The van der Waals surface area contributed by atoms with Crippen molar-refractivity contribution in [1.82, 2.24) is 19.5 Å². The van der Waals surface area contributed by atoms with E-state index >= 15 is 0 Å². The first-order valence-electron chi connectivity index (χ1n) is 8.98. The van der Waals surface area contributed by atoms with Crippen molar-refractivity contribution in [2.75, 3.05) is 20.3 Å². The highest BCUT2D eigenvalue weighted by molar-refractivity contribution is 5.77. The lowest BCUT2D eigenvalue weighted by atomic mass is 10.1. The molecule has 1 fully saturated rings. The minimum atomic E-state index is -4.54. The van der Waals surface area contributed by atoms with Crippen molar-refractivity contribution in [2.24, 2.45) is 0 Å². The van der Waals surface area contributed by atoms with Crippen LogP contribution in [-0.2, 0) is 15.7 Å². The van der Waals surface area contributed by atoms with Crippen molar-refractivity contribution < 1.29 is 22.7 Å². The minimum absolute atomic E-state index is 0.0803. The van der Waals surface area contributed by atoms with Crippen LogP contribution in [0.1, 0.15) is 62.2 Å². The average molecular weight is 384 g/mol. The molecule has 0 aliphatic carbocycles. The Morgan fingerprint density at radius 3 is 2.74 bits per heavy atom. The second-order valence-corrected chi connectivity index (χ2v) is 7.05. The van der Waals surface area contributed by atoms with Gasteiger partial charge in [-0.05, 0) is 24.8 Å². The molecule has 0 saturated carbocycles. The lowest BCUT2D eigenvalue weighted by Crippen LogP contribution is -2.31. The van der Waals surface area contributed by atoms with Crippen LogP contribution in [0.15, 0.2) is 12.1 Å². The third-order valence-corrected chi connectivity index (χ3v) is 4.78. The Hall–Kier alpha value is -2.16. The standard InChI is InChI=1S/C18H23F3N4O2/c1-11(2)12-9-15(18(19,20)21)25-16(22-12)10-13(23-25)14-5-4-7-24(14)17(26)6-8-27-3/h9-11,14H,4-8H2,1-3H3. The lowest BCUT2D eigenvalue weighted by molar-refractivity contribution is -0.143. The van der Waals surface area contributed by atoms with Crippen molar-refractivity contribution in [2.45, 2.75) is 51.2 Å². The van der Waals surface area contributed by atoms with Gasteiger partial charge in [0.1, 0.15) is 5.69 Å². The number of likely N-dealkylation sites (tertiary alicyclic amines) is 1. The molecule has 1 unspecified atom stereocenters. The van der Waals surface area contributed by atoms with E-state index in [1.54, 1.807) is 24.8 Å². The van der Waals surface area contributed by atoms with Crippen molar-refractivity contribution in [3.8, 4) is 0 Å². The fourth-order valence-corrected chi connectivity index (χ4v) is 3.38. The van der Waals surface area contributed by atoms with Gasteiger partial charge in [-0.15, -0.1) is 0 Å². The Bertz CT molecular complexity index is 832. The monoisotopic (exact) mass is 384 g/mol. The normalized spacial score (nSPS) is 18.0. The van der Waals surface area contributed by atoms with Gasteiger partial charge in [0.2, 0.25) is 5.91 Å². The van der Waals surface area contributed by atoms with Gasteiger partial charge in [0.15, 0.2) is 5.65 Å². The molecule has 0 N–H and O–H groups in total. The Balaban J connectivity index is 2.02. The van der Waals surface area contributed by atoms with E-state index in [1.807, 2.05) is 0 Å². The molecule has 1 saturated heterocycles. The second-order valence-electron chi connectivity index (χ2n) is 7.05. The summed E-state index contributed by atoms with van der Waals surface area (Å²) in [6.45, 7) is 4.47. The molecule has 0 spiro atoms. The summed E-state index contributed by atoms with van der Waals surface area (Å²) in [5, 5.41) is 4.18. The molecular formula is C18H23F3N4O2. The third kappa shape index (κ3) is 3.92. The maximum atomic E-state index is 13.5. The van der Waals surface area contributed by atoms with E-state index in [1.165, 1.54) is 7.11 Å². The van der Waals surface area contributed by atoms with Crippen molar-refractivity contribution >= 4 is 11.6 Å². The topological polar surface area (TPSA) is 59.7 Å². The molecule has 2 aromatic rings. The molecule has 0 aromatic carbocycles. The molecule has 1 atom stereocenters. The fourth-order valence-electron chi connectivity index (χ4n) is 3.38. The van der Waals surface area contributed by atoms with Gasteiger partial charge in [-0.25, -0.2) is 9.50 Å². The van der Waals surface area contributed by atoms with E-state index in [9.17, 15) is 18.0 Å². The van der Waals surface area contributed by atoms with E-state index in [-0.39, 0.29) is 29.9 Å². The molecular weight excluding hydrogens is 361 g/mol. The Morgan fingerprint density at radius 2 is 2.11 bits per heavy atom. The van der Waals surface area contributed by atoms with E-state index < -0.39 is 11.9 Å². The van der Waals surface area contributed by atoms with E-state index in [0.717, 1.165) is 17.0 Å². The Morgan fingerprint density at radius 1 is 1.37 bits per heavy atom. The number of carbonyl (C=O) groups is 1. The summed E-state index contributed by atoms with van der Waals surface area (Å²) in [5.41, 5.74) is 0.107. The molecule has 6 nitrogen and oxygen atoms in total. The van der Waals surface area contributed by atoms with E-state index in [4.69, 9.17) is 4.74 Å². The van der Waals surface area contributed by atoms with Crippen LogP contribution in [0.4, 0.5) is 13.2 Å². The highest BCUT2D eigenvalue weighted by Crippen LogP contribution is 2.35. The SMILES string of the molecule is COCCC(=O)N1CCCC1c1cc2nc(C(C)C)cc(C(F)(F)F)n2n1. The summed E-state index contributed by atoms with van der Waals surface area (Å²) >= 11 is 0. The van der Waals surface area contributed by atoms with Gasteiger partial charge < -0.3 is 9.64 Å². The number of alkyl halides is 3. The van der Waals surface area contributed by atoms with Crippen molar-refractivity contribution in [3.05, 3.63) is 29.2 Å². The van der Waals surface area contributed by atoms with E-state index in [2.05, 4.69) is 10.1 Å². The highest BCUT2D eigenvalue weighted by Gasteiger charge is 2.37. The van der Waals surface area contributed by atoms with Crippen LogP contribution in [0.5, 0.6) is 0 Å². The van der Waals surface area contributed by atoms with Gasteiger partial charge in [0, 0.05) is 25.4 Å². The number of rotatable bonds is 5. The van der Waals surface area contributed by atoms with Crippen LogP contribution in [0.3, 0.4) is 0 Å². The first-order valence-corrected chi connectivity index (χ1v) is 8.98. The van der Waals surface area contributed by atoms with Crippen LogP contribution in [0, 0.1) is 0 Å². The zero-order valence-electron chi connectivity index (χ0n) is 15.6. The smallest absolute Gasteiger partial charge is 0.384 e. The van der Waals surface area contributed by atoms with Gasteiger partial charge in [0.05, 0.1) is 24.8 Å². The number of amides is 1. The summed E-state index contributed by atoms with van der Waals surface area (Å²) in [6, 6.07) is 2.28. The summed E-state index contributed by atoms with van der Waals surface area (Å²) in [4.78, 5) is 18.4. The van der Waals surface area contributed by atoms with Crippen LogP contribution in [0.25, 0.3) is 5.65 Å². The zero-order valence-corrected chi connectivity index (χ0v) is 15.6. The number of nitrogens with zero attached hydrogens (tertiary/aromatic N) is 4. The minimum Gasteiger partial charge on any atom is -0.384 e. The zero-order chi connectivity index (χ0) is 19.8. The predicted molar refractivity (Wildman–Crippen MR) is 92.3 cm³/mol. The number of fused-ring (bicyclic) bond motifs is 1. The fraction of sp³-hybridized carbons (Fsp3) is 0.611. The van der Waals surface area contributed by atoms with Gasteiger partial charge >= 0.3 is 6.18 Å². The molecule has 1 aliphatic heterocycles. The number of halogens is 3. The number of aromatic nitrogens is 3. The first-order chi connectivity index (χ1) is 12.7. The van der Waals surface area contributed by atoms with Gasteiger partial charge in [0.25, 0.3) is 0 Å². The Kier molecular flexibility index (Phi) is 5.41. The van der Waals surface area contributed by atoms with Gasteiger partial charge in [-0.2, -0.15) is 18.3 Å². The number of carbonyl (C=O) groups excluding carboxylic acids is 1. The maximum absolute atomic E-state index is 13.5.